The lowest BCUT2D eigenvalue weighted by Gasteiger charge is -2.04. The summed E-state index contributed by atoms with van der Waals surface area (Å²) in [6.07, 6.45) is -1.16. The number of aliphatic hydroxyl groups is 1. The molecule has 0 saturated heterocycles. The van der Waals surface area contributed by atoms with Gasteiger partial charge >= 0.3 is 5.97 Å². The molecule has 1 N–H and O–H groups in total. The van der Waals surface area contributed by atoms with Crippen LogP contribution < -0.4 is 0 Å². The predicted molar refractivity (Wildman–Crippen MR) is 49.0 cm³/mol. The zero-order valence-corrected chi connectivity index (χ0v) is 7.84. The molecule has 0 saturated carbocycles. The number of benzene rings is 1. The topological polar surface area (TPSA) is 55.8 Å². The molecule has 0 spiro atoms. The van der Waals surface area contributed by atoms with E-state index in [4.69, 9.17) is 5.11 Å². The van der Waals surface area contributed by atoms with Crippen molar-refractivity contribution >= 4 is 5.97 Å². The third kappa shape index (κ3) is 3.55. The van der Waals surface area contributed by atoms with Crippen LogP contribution in [0.3, 0.4) is 0 Å². The molecule has 0 aromatic heterocycles. The van der Waals surface area contributed by atoms with Gasteiger partial charge in [-0.2, -0.15) is 4.89 Å². The summed E-state index contributed by atoms with van der Waals surface area (Å²) < 4.78 is 0. The molecule has 0 aliphatic rings. The van der Waals surface area contributed by atoms with Crippen LogP contribution in [-0.2, 0) is 21.2 Å². The van der Waals surface area contributed by atoms with Crippen molar-refractivity contribution in [2.45, 2.75) is 19.6 Å². The van der Waals surface area contributed by atoms with Gasteiger partial charge in [-0.1, -0.05) is 30.3 Å². The number of carbonyl (C=O) groups is 1. The molecule has 0 heterocycles. The Morgan fingerprint density at radius 2 is 2.07 bits per heavy atom. The fraction of sp³-hybridized carbons (Fsp3) is 0.300. The summed E-state index contributed by atoms with van der Waals surface area (Å²) >= 11 is 0. The van der Waals surface area contributed by atoms with Gasteiger partial charge in [0.2, 0.25) is 0 Å². The molecule has 1 aromatic rings. The highest BCUT2D eigenvalue weighted by atomic mass is 17.2. The maximum absolute atomic E-state index is 10.7. The van der Waals surface area contributed by atoms with Crippen LogP contribution >= 0.6 is 0 Å². The maximum atomic E-state index is 10.7. The van der Waals surface area contributed by atoms with E-state index < -0.39 is 12.1 Å². The average Bonchev–Trinajstić information content (AvgIpc) is 2.19. The normalized spacial score (nSPS) is 12.1. The van der Waals surface area contributed by atoms with E-state index in [0.717, 1.165) is 5.56 Å². The molecule has 4 nitrogen and oxygen atoms in total. The van der Waals surface area contributed by atoms with Crippen LogP contribution in [0.25, 0.3) is 0 Å². The molecule has 4 heteroatoms. The standard InChI is InChI=1S/C10H12O4/c1-8(11)10(12)14-13-7-9-5-3-2-4-6-9/h2-6,8,11H,7H2,1H3. The first-order valence-electron chi connectivity index (χ1n) is 4.25. The molecule has 76 valence electrons. The van der Waals surface area contributed by atoms with Crippen molar-refractivity contribution in [2.75, 3.05) is 0 Å². The van der Waals surface area contributed by atoms with Crippen molar-refractivity contribution < 1.29 is 19.7 Å². The summed E-state index contributed by atoms with van der Waals surface area (Å²) in [5.41, 5.74) is 0.894. The van der Waals surface area contributed by atoms with E-state index in [9.17, 15) is 4.79 Å². The highest BCUT2D eigenvalue weighted by molar-refractivity contribution is 5.73. The Morgan fingerprint density at radius 1 is 1.43 bits per heavy atom. The van der Waals surface area contributed by atoms with E-state index in [1.807, 2.05) is 30.3 Å². The van der Waals surface area contributed by atoms with Gasteiger partial charge in [-0.05, 0) is 12.5 Å². The zero-order chi connectivity index (χ0) is 10.4. The SMILES string of the molecule is CC(O)C(=O)OOCc1ccccc1. The largest absolute Gasteiger partial charge is 0.382 e. The van der Waals surface area contributed by atoms with Crippen molar-refractivity contribution in [3.8, 4) is 0 Å². The predicted octanol–water partition coefficient (Wildman–Crippen LogP) is 1.04. The van der Waals surface area contributed by atoms with Crippen molar-refractivity contribution in [1.82, 2.24) is 0 Å². The summed E-state index contributed by atoms with van der Waals surface area (Å²) in [7, 11) is 0. The molecular formula is C10H12O4. The van der Waals surface area contributed by atoms with Crippen LogP contribution in [0.1, 0.15) is 12.5 Å². The van der Waals surface area contributed by atoms with Crippen LogP contribution in [0.2, 0.25) is 0 Å². The van der Waals surface area contributed by atoms with Crippen molar-refractivity contribution in [2.24, 2.45) is 0 Å². The van der Waals surface area contributed by atoms with Gasteiger partial charge < -0.3 is 5.11 Å². The van der Waals surface area contributed by atoms with Gasteiger partial charge in [-0.3, -0.25) is 4.89 Å². The Balaban J connectivity index is 2.26. The summed E-state index contributed by atoms with van der Waals surface area (Å²) in [5.74, 6) is -0.791. The summed E-state index contributed by atoms with van der Waals surface area (Å²) in [5, 5.41) is 8.76. The number of rotatable bonds is 4. The van der Waals surface area contributed by atoms with Crippen LogP contribution in [0.15, 0.2) is 30.3 Å². The van der Waals surface area contributed by atoms with Crippen LogP contribution in [-0.4, -0.2) is 17.2 Å². The summed E-state index contributed by atoms with van der Waals surface area (Å²) in [6, 6.07) is 9.28. The van der Waals surface area contributed by atoms with Crippen LogP contribution in [0.4, 0.5) is 0 Å². The minimum atomic E-state index is -1.16. The smallest absolute Gasteiger partial charge is 0.370 e. The quantitative estimate of drug-likeness (QED) is 0.577. The number of hydrogen-bond acceptors (Lipinski definition) is 4. The minimum absolute atomic E-state index is 0.180. The molecule has 1 unspecified atom stereocenters. The van der Waals surface area contributed by atoms with Gasteiger partial charge in [0.15, 0.2) is 6.10 Å². The zero-order valence-electron chi connectivity index (χ0n) is 7.84. The molecule has 0 aliphatic heterocycles. The first kappa shape index (κ1) is 10.7. The lowest BCUT2D eigenvalue weighted by molar-refractivity contribution is -0.285. The van der Waals surface area contributed by atoms with Crippen LogP contribution in [0, 0.1) is 0 Å². The van der Waals surface area contributed by atoms with Gasteiger partial charge in [0.05, 0.1) is 0 Å². The van der Waals surface area contributed by atoms with Crippen molar-refractivity contribution in [3.63, 3.8) is 0 Å². The summed E-state index contributed by atoms with van der Waals surface area (Å²) in [4.78, 5) is 19.7. The molecule has 0 aliphatic carbocycles. The molecule has 1 aromatic carbocycles. The monoisotopic (exact) mass is 196 g/mol. The molecular weight excluding hydrogens is 184 g/mol. The Labute approximate surface area is 82.0 Å². The molecule has 0 fully saturated rings. The van der Waals surface area contributed by atoms with Gasteiger partial charge in [0.25, 0.3) is 0 Å². The molecule has 1 atom stereocenters. The van der Waals surface area contributed by atoms with Gasteiger partial charge in [-0.25, -0.2) is 4.79 Å². The number of hydrogen-bond donors (Lipinski definition) is 1. The lowest BCUT2D eigenvalue weighted by Crippen LogP contribution is -2.19. The molecule has 0 amide bonds. The third-order valence-corrected chi connectivity index (χ3v) is 1.55. The van der Waals surface area contributed by atoms with Gasteiger partial charge in [0, 0.05) is 0 Å². The maximum Gasteiger partial charge on any atom is 0.370 e. The average molecular weight is 196 g/mol. The van der Waals surface area contributed by atoms with Gasteiger partial charge in [0.1, 0.15) is 6.61 Å². The first-order chi connectivity index (χ1) is 6.70. The van der Waals surface area contributed by atoms with Crippen molar-refractivity contribution in [3.05, 3.63) is 35.9 Å². The minimum Gasteiger partial charge on any atom is -0.382 e. The third-order valence-electron chi connectivity index (χ3n) is 1.55. The van der Waals surface area contributed by atoms with E-state index in [0.29, 0.717) is 0 Å². The van der Waals surface area contributed by atoms with E-state index in [1.54, 1.807) is 0 Å². The van der Waals surface area contributed by atoms with E-state index in [2.05, 4.69) is 9.78 Å². The van der Waals surface area contributed by atoms with E-state index in [1.165, 1.54) is 6.92 Å². The van der Waals surface area contributed by atoms with Crippen molar-refractivity contribution in [1.29, 1.82) is 0 Å². The second-order valence-corrected chi connectivity index (χ2v) is 2.83. The fourth-order valence-corrected chi connectivity index (χ4v) is 0.799. The fourth-order valence-electron chi connectivity index (χ4n) is 0.799. The second kappa shape index (κ2) is 5.36. The van der Waals surface area contributed by atoms with Crippen LogP contribution in [0.5, 0.6) is 0 Å². The Bertz CT molecular complexity index is 281. The lowest BCUT2D eigenvalue weighted by atomic mass is 10.2. The second-order valence-electron chi connectivity index (χ2n) is 2.83. The molecule has 0 radical (unpaired) electrons. The van der Waals surface area contributed by atoms with E-state index >= 15 is 0 Å². The Kier molecular flexibility index (Phi) is 4.10. The molecule has 0 bridgehead atoms. The highest BCUT2D eigenvalue weighted by Gasteiger charge is 2.10. The Hall–Kier alpha value is -1.39. The van der Waals surface area contributed by atoms with E-state index in [-0.39, 0.29) is 6.61 Å². The number of aliphatic hydroxyl groups excluding tert-OH is 1. The Morgan fingerprint density at radius 3 is 2.64 bits per heavy atom. The summed E-state index contributed by atoms with van der Waals surface area (Å²) in [6.45, 7) is 1.49. The first-order valence-corrected chi connectivity index (χ1v) is 4.25. The molecule has 14 heavy (non-hydrogen) atoms. The highest BCUT2D eigenvalue weighted by Crippen LogP contribution is 2.01. The number of carbonyl (C=O) groups excluding carboxylic acids is 1. The molecule has 1 rings (SSSR count). The van der Waals surface area contributed by atoms with Gasteiger partial charge in [-0.15, -0.1) is 0 Å².